The Hall–Kier alpha value is -1.59. The summed E-state index contributed by atoms with van der Waals surface area (Å²) in [5, 5.41) is 4.69. The Kier molecular flexibility index (Phi) is 4.07. The Labute approximate surface area is 82.2 Å². The van der Waals surface area contributed by atoms with Gasteiger partial charge in [-0.05, 0) is 13.8 Å². The maximum Gasteiger partial charge on any atom is 0.242 e. The molecular formula is C8H15N3O3. The van der Waals surface area contributed by atoms with Gasteiger partial charge in [-0.1, -0.05) is 0 Å². The monoisotopic (exact) mass is 201 g/mol. The Morgan fingerprint density at radius 2 is 1.79 bits per heavy atom. The van der Waals surface area contributed by atoms with Crippen molar-refractivity contribution in [3.63, 3.8) is 0 Å². The smallest absolute Gasteiger partial charge is 0.242 e. The Morgan fingerprint density at radius 1 is 1.29 bits per heavy atom. The van der Waals surface area contributed by atoms with Crippen molar-refractivity contribution in [3.8, 4) is 0 Å². The second-order valence-electron chi connectivity index (χ2n) is 3.45. The van der Waals surface area contributed by atoms with E-state index in [1.54, 1.807) is 0 Å². The predicted molar refractivity (Wildman–Crippen MR) is 50.1 cm³/mol. The van der Waals surface area contributed by atoms with Gasteiger partial charge in [0.25, 0.3) is 0 Å². The third-order valence-electron chi connectivity index (χ3n) is 1.57. The number of carbonyl (C=O) groups is 3. The summed E-state index contributed by atoms with van der Waals surface area (Å²) in [5.41, 5.74) is 3.93. The number of carbonyl (C=O) groups excluding carboxylic acids is 3. The average molecular weight is 201 g/mol. The maximum atomic E-state index is 11.1. The van der Waals surface area contributed by atoms with Crippen LogP contribution in [0.15, 0.2) is 0 Å². The second-order valence-corrected chi connectivity index (χ2v) is 3.45. The summed E-state index contributed by atoms with van der Waals surface area (Å²) in [6.45, 7) is 4.11. The quantitative estimate of drug-likeness (QED) is 0.516. The van der Waals surface area contributed by atoms with Gasteiger partial charge in [0.15, 0.2) is 0 Å². The zero-order valence-corrected chi connectivity index (χ0v) is 8.51. The Balaban J connectivity index is 4.06. The van der Waals surface area contributed by atoms with Gasteiger partial charge in [0.2, 0.25) is 17.7 Å². The lowest BCUT2D eigenvalue weighted by atomic mass is 10.1. The van der Waals surface area contributed by atoms with Crippen molar-refractivity contribution >= 4 is 17.7 Å². The number of primary amides is 1. The highest BCUT2D eigenvalue weighted by Crippen LogP contribution is 1.98. The number of amides is 3. The van der Waals surface area contributed by atoms with Crippen molar-refractivity contribution in [1.29, 1.82) is 0 Å². The molecule has 6 nitrogen and oxygen atoms in total. The molecular weight excluding hydrogens is 186 g/mol. The molecule has 0 aliphatic carbocycles. The predicted octanol–water partition coefficient (Wildman–Crippen LogP) is -1.50. The summed E-state index contributed by atoms with van der Waals surface area (Å²) in [7, 11) is 0. The first kappa shape index (κ1) is 12.4. The van der Waals surface area contributed by atoms with E-state index >= 15 is 0 Å². The van der Waals surface area contributed by atoms with Crippen LogP contribution in [-0.2, 0) is 14.4 Å². The van der Waals surface area contributed by atoms with Crippen molar-refractivity contribution in [2.75, 3.05) is 6.54 Å². The van der Waals surface area contributed by atoms with Gasteiger partial charge in [0.05, 0.1) is 6.54 Å². The SMILES string of the molecule is CC(=O)NCC(=O)NC(C)(C)C(N)=O. The lowest BCUT2D eigenvalue weighted by molar-refractivity contribution is -0.130. The van der Waals surface area contributed by atoms with Crippen LogP contribution < -0.4 is 16.4 Å². The molecule has 0 aromatic carbocycles. The zero-order chi connectivity index (χ0) is 11.4. The van der Waals surface area contributed by atoms with E-state index in [1.807, 2.05) is 0 Å². The summed E-state index contributed by atoms with van der Waals surface area (Å²) in [4.78, 5) is 32.4. The fourth-order valence-electron chi connectivity index (χ4n) is 0.659. The molecule has 6 heteroatoms. The highest BCUT2D eigenvalue weighted by molar-refractivity contribution is 5.91. The highest BCUT2D eigenvalue weighted by Gasteiger charge is 2.26. The molecule has 0 heterocycles. The maximum absolute atomic E-state index is 11.1. The molecule has 0 atom stereocenters. The van der Waals surface area contributed by atoms with Crippen molar-refractivity contribution in [3.05, 3.63) is 0 Å². The molecule has 4 N–H and O–H groups in total. The third kappa shape index (κ3) is 4.44. The number of rotatable bonds is 4. The fourth-order valence-corrected chi connectivity index (χ4v) is 0.659. The molecule has 0 bridgehead atoms. The van der Waals surface area contributed by atoms with Crippen LogP contribution in [0.25, 0.3) is 0 Å². The summed E-state index contributed by atoms with van der Waals surface area (Å²) in [6, 6.07) is 0. The zero-order valence-electron chi connectivity index (χ0n) is 8.51. The van der Waals surface area contributed by atoms with Gasteiger partial charge < -0.3 is 16.4 Å². The summed E-state index contributed by atoms with van der Waals surface area (Å²) in [6.07, 6.45) is 0. The topological polar surface area (TPSA) is 101 Å². The molecule has 0 fully saturated rings. The van der Waals surface area contributed by atoms with Crippen molar-refractivity contribution in [1.82, 2.24) is 10.6 Å². The number of nitrogens with two attached hydrogens (primary N) is 1. The van der Waals surface area contributed by atoms with Crippen LogP contribution in [0.3, 0.4) is 0 Å². The van der Waals surface area contributed by atoms with Crippen molar-refractivity contribution in [2.24, 2.45) is 5.73 Å². The third-order valence-corrected chi connectivity index (χ3v) is 1.57. The summed E-state index contributed by atoms with van der Waals surface area (Å²) in [5.74, 6) is -1.39. The molecule has 0 unspecified atom stereocenters. The lowest BCUT2D eigenvalue weighted by Gasteiger charge is -2.22. The number of hydrogen-bond acceptors (Lipinski definition) is 3. The van der Waals surface area contributed by atoms with Crippen molar-refractivity contribution in [2.45, 2.75) is 26.3 Å². The Morgan fingerprint density at radius 3 is 2.14 bits per heavy atom. The van der Waals surface area contributed by atoms with E-state index < -0.39 is 17.4 Å². The van der Waals surface area contributed by atoms with Crippen LogP contribution in [0.5, 0.6) is 0 Å². The van der Waals surface area contributed by atoms with Crippen LogP contribution >= 0.6 is 0 Å². The van der Waals surface area contributed by atoms with Gasteiger partial charge >= 0.3 is 0 Å². The van der Waals surface area contributed by atoms with Crippen LogP contribution in [0, 0.1) is 0 Å². The normalized spacial score (nSPS) is 10.5. The van der Waals surface area contributed by atoms with E-state index in [0.29, 0.717) is 0 Å². The Bertz CT molecular complexity index is 261. The molecule has 0 spiro atoms. The molecule has 0 aromatic heterocycles. The van der Waals surface area contributed by atoms with Gasteiger partial charge in [-0.3, -0.25) is 14.4 Å². The molecule has 0 radical (unpaired) electrons. The van der Waals surface area contributed by atoms with E-state index in [4.69, 9.17) is 5.73 Å². The lowest BCUT2D eigenvalue weighted by Crippen LogP contribution is -2.55. The summed E-state index contributed by atoms with van der Waals surface area (Å²) >= 11 is 0. The first-order chi connectivity index (χ1) is 6.25. The van der Waals surface area contributed by atoms with Crippen molar-refractivity contribution < 1.29 is 14.4 Å². The van der Waals surface area contributed by atoms with Gasteiger partial charge in [-0.15, -0.1) is 0 Å². The highest BCUT2D eigenvalue weighted by atomic mass is 16.2. The molecule has 0 aliphatic rings. The molecule has 0 aliphatic heterocycles. The van der Waals surface area contributed by atoms with Gasteiger partial charge in [0, 0.05) is 6.92 Å². The molecule has 0 aromatic rings. The molecule has 14 heavy (non-hydrogen) atoms. The van der Waals surface area contributed by atoms with Crippen LogP contribution in [-0.4, -0.2) is 29.8 Å². The minimum Gasteiger partial charge on any atom is -0.368 e. The standard InChI is InChI=1S/C8H15N3O3/c1-5(12)10-4-6(13)11-8(2,3)7(9)14/h4H2,1-3H3,(H2,9,14)(H,10,12)(H,11,13). The number of hydrogen-bond donors (Lipinski definition) is 3. The first-order valence-electron chi connectivity index (χ1n) is 4.11. The van der Waals surface area contributed by atoms with E-state index in [-0.39, 0.29) is 12.5 Å². The minimum atomic E-state index is -1.10. The number of nitrogens with one attached hydrogen (secondary N) is 2. The van der Waals surface area contributed by atoms with Crippen LogP contribution in [0.1, 0.15) is 20.8 Å². The largest absolute Gasteiger partial charge is 0.368 e. The molecule has 80 valence electrons. The molecule has 0 saturated heterocycles. The summed E-state index contributed by atoms with van der Waals surface area (Å²) < 4.78 is 0. The van der Waals surface area contributed by atoms with Gasteiger partial charge in [0.1, 0.15) is 5.54 Å². The molecule has 3 amide bonds. The second kappa shape index (κ2) is 4.59. The van der Waals surface area contributed by atoms with E-state index in [9.17, 15) is 14.4 Å². The van der Waals surface area contributed by atoms with Crippen LogP contribution in [0.2, 0.25) is 0 Å². The first-order valence-corrected chi connectivity index (χ1v) is 4.11. The molecule has 0 rings (SSSR count). The average Bonchev–Trinajstić information content (AvgIpc) is 1.99. The van der Waals surface area contributed by atoms with E-state index in [1.165, 1.54) is 20.8 Å². The fraction of sp³-hybridized carbons (Fsp3) is 0.625. The minimum absolute atomic E-state index is 0.161. The van der Waals surface area contributed by atoms with Gasteiger partial charge in [-0.25, -0.2) is 0 Å². The van der Waals surface area contributed by atoms with Gasteiger partial charge in [-0.2, -0.15) is 0 Å². The van der Waals surface area contributed by atoms with E-state index in [0.717, 1.165) is 0 Å². The molecule has 0 saturated carbocycles. The van der Waals surface area contributed by atoms with E-state index in [2.05, 4.69) is 10.6 Å². The van der Waals surface area contributed by atoms with Crippen LogP contribution in [0.4, 0.5) is 0 Å².